The predicted octanol–water partition coefficient (Wildman–Crippen LogP) is 1.16. The average Bonchev–Trinajstić information content (AvgIpc) is 2.75. The Kier molecular flexibility index (Phi) is 2.92. The Labute approximate surface area is 103 Å². The van der Waals surface area contributed by atoms with Crippen LogP contribution in [-0.4, -0.2) is 24.4 Å². The highest BCUT2D eigenvalue weighted by atomic mass is 16.6. The van der Waals surface area contributed by atoms with E-state index in [1.165, 1.54) is 6.92 Å². The minimum Gasteiger partial charge on any atom is -0.368 e. The standard InChI is InChI=1S/C10H12N6O2/c1-3-15-4-7(12-5-15)8-9(16(17)18)6(2)13-10(11)14-8/h4-5H,3H2,1-2H3,(H2,11,13,14). The lowest BCUT2D eigenvalue weighted by molar-refractivity contribution is -0.385. The van der Waals surface area contributed by atoms with Gasteiger partial charge in [-0.05, 0) is 13.8 Å². The summed E-state index contributed by atoms with van der Waals surface area (Å²) in [4.78, 5) is 22.4. The van der Waals surface area contributed by atoms with Crippen molar-refractivity contribution in [1.82, 2.24) is 19.5 Å². The molecule has 2 N–H and O–H groups in total. The minimum atomic E-state index is -0.519. The van der Waals surface area contributed by atoms with Gasteiger partial charge in [0.15, 0.2) is 5.69 Å². The largest absolute Gasteiger partial charge is 0.368 e. The molecule has 8 nitrogen and oxygen atoms in total. The first-order valence-corrected chi connectivity index (χ1v) is 5.33. The fraction of sp³-hybridized carbons (Fsp3) is 0.300. The summed E-state index contributed by atoms with van der Waals surface area (Å²) in [6, 6.07) is 0. The lowest BCUT2D eigenvalue weighted by Gasteiger charge is -2.02. The van der Waals surface area contributed by atoms with Crippen LogP contribution < -0.4 is 5.73 Å². The van der Waals surface area contributed by atoms with Crippen molar-refractivity contribution in [3.63, 3.8) is 0 Å². The van der Waals surface area contributed by atoms with Crippen molar-refractivity contribution in [2.45, 2.75) is 20.4 Å². The van der Waals surface area contributed by atoms with E-state index in [0.717, 1.165) is 6.54 Å². The second-order valence-corrected chi connectivity index (χ2v) is 3.71. The van der Waals surface area contributed by atoms with Crippen molar-refractivity contribution in [2.24, 2.45) is 0 Å². The molecule has 0 aromatic carbocycles. The molecule has 18 heavy (non-hydrogen) atoms. The monoisotopic (exact) mass is 248 g/mol. The smallest absolute Gasteiger partial charge is 0.318 e. The van der Waals surface area contributed by atoms with E-state index < -0.39 is 4.92 Å². The van der Waals surface area contributed by atoms with Gasteiger partial charge in [0.1, 0.15) is 11.4 Å². The van der Waals surface area contributed by atoms with Crippen molar-refractivity contribution < 1.29 is 4.92 Å². The predicted molar refractivity (Wildman–Crippen MR) is 64.7 cm³/mol. The molecule has 0 atom stereocenters. The second kappa shape index (κ2) is 4.40. The first-order chi connectivity index (χ1) is 8.52. The van der Waals surface area contributed by atoms with Crippen LogP contribution in [0.4, 0.5) is 11.6 Å². The number of imidazole rings is 1. The topological polar surface area (TPSA) is 113 Å². The van der Waals surface area contributed by atoms with E-state index in [0.29, 0.717) is 5.69 Å². The third kappa shape index (κ3) is 1.99. The Morgan fingerprint density at radius 1 is 1.50 bits per heavy atom. The molecule has 2 rings (SSSR count). The maximum atomic E-state index is 11.1. The summed E-state index contributed by atoms with van der Waals surface area (Å²) in [5.74, 6) is -0.000788. The molecule has 0 aliphatic heterocycles. The third-order valence-corrected chi connectivity index (χ3v) is 2.50. The molecule has 2 aromatic rings. The molecule has 0 aliphatic carbocycles. The van der Waals surface area contributed by atoms with Crippen molar-refractivity contribution in [1.29, 1.82) is 0 Å². The lowest BCUT2D eigenvalue weighted by atomic mass is 10.2. The van der Waals surface area contributed by atoms with Crippen LogP contribution in [0, 0.1) is 17.0 Å². The Balaban J connectivity index is 2.65. The maximum Gasteiger partial charge on any atom is 0.318 e. The van der Waals surface area contributed by atoms with E-state index in [4.69, 9.17) is 5.73 Å². The highest BCUT2D eigenvalue weighted by Gasteiger charge is 2.24. The van der Waals surface area contributed by atoms with E-state index in [1.807, 2.05) is 6.92 Å². The molecule has 0 radical (unpaired) electrons. The normalized spacial score (nSPS) is 10.6. The summed E-state index contributed by atoms with van der Waals surface area (Å²) in [6.45, 7) is 4.19. The van der Waals surface area contributed by atoms with Gasteiger partial charge in [0, 0.05) is 12.7 Å². The molecule has 0 bridgehead atoms. The molecule has 2 aromatic heterocycles. The number of aromatic nitrogens is 4. The van der Waals surface area contributed by atoms with Crippen LogP contribution in [0.1, 0.15) is 12.6 Å². The van der Waals surface area contributed by atoms with Gasteiger partial charge in [0.2, 0.25) is 5.95 Å². The minimum absolute atomic E-state index is 0.000788. The number of aryl methyl sites for hydroxylation is 2. The lowest BCUT2D eigenvalue weighted by Crippen LogP contribution is -2.04. The number of hydrogen-bond donors (Lipinski definition) is 1. The van der Waals surface area contributed by atoms with Crippen molar-refractivity contribution in [2.75, 3.05) is 5.73 Å². The summed E-state index contributed by atoms with van der Waals surface area (Å²) < 4.78 is 1.80. The van der Waals surface area contributed by atoms with E-state index in [-0.39, 0.29) is 23.0 Å². The first kappa shape index (κ1) is 12.0. The second-order valence-electron chi connectivity index (χ2n) is 3.71. The number of hydrogen-bond acceptors (Lipinski definition) is 6. The molecule has 0 spiro atoms. The van der Waals surface area contributed by atoms with Crippen molar-refractivity contribution >= 4 is 11.6 Å². The summed E-state index contributed by atoms with van der Waals surface area (Å²) in [5.41, 5.74) is 6.16. The SMILES string of the molecule is CCn1cnc(-c2nc(N)nc(C)c2[N+](=O)[O-])c1. The van der Waals surface area contributed by atoms with Gasteiger partial charge in [0.25, 0.3) is 0 Å². The van der Waals surface area contributed by atoms with Gasteiger partial charge >= 0.3 is 5.69 Å². The molecule has 0 saturated carbocycles. The molecule has 0 saturated heterocycles. The molecular formula is C10H12N6O2. The van der Waals surface area contributed by atoms with Crippen LogP contribution in [-0.2, 0) is 6.54 Å². The summed E-state index contributed by atoms with van der Waals surface area (Å²) >= 11 is 0. The summed E-state index contributed by atoms with van der Waals surface area (Å²) in [7, 11) is 0. The molecule has 0 amide bonds. The van der Waals surface area contributed by atoms with Gasteiger partial charge in [0.05, 0.1) is 11.3 Å². The van der Waals surface area contributed by atoms with Crippen LogP contribution in [0.25, 0.3) is 11.4 Å². The highest BCUT2D eigenvalue weighted by Crippen LogP contribution is 2.29. The Bertz CT molecular complexity index is 606. The molecule has 0 aliphatic rings. The van der Waals surface area contributed by atoms with Gasteiger partial charge in [-0.25, -0.2) is 15.0 Å². The fourth-order valence-corrected chi connectivity index (χ4v) is 1.64. The van der Waals surface area contributed by atoms with Crippen LogP contribution >= 0.6 is 0 Å². The maximum absolute atomic E-state index is 11.1. The zero-order valence-corrected chi connectivity index (χ0v) is 9.99. The van der Waals surface area contributed by atoms with E-state index in [9.17, 15) is 10.1 Å². The summed E-state index contributed by atoms with van der Waals surface area (Å²) in [5, 5.41) is 11.1. The molecular weight excluding hydrogens is 236 g/mol. The number of nitrogen functional groups attached to an aromatic ring is 1. The van der Waals surface area contributed by atoms with Crippen LogP contribution in [0.3, 0.4) is 0 Å². The Morgan fingerprint density at radius 2 is 2.22 bits per heavy atom. The van der Waals surface area contributed by atoms with E-state index >= 15 is 0 Å². The number of nitrogens with two attached hydrogens (primary N) is 1. The van der Waals surface area contributed by atoms with Gasteiger partial charge in [-0.3, -0.25) is 10.1 Å². The van der Waals surface area contributed by atoms with Gasteiger partial charge in [-0.15, -0.1) is 0 Å². The quantitative estimate of drug-likeness (QED) is 0.644. The number of nitro groups is 1. The summed E-state index contributed by atoms with van der Waals surface area (Å²) in [6.07, 6.45) is 3.28. The van der Waals surface area contributed by atoms with E-state index in [1.54, 1.807) is 17.1 Å². The van der Waals surface area contributed by atoms with Crippen molar-refractivity contribution in [3.8, 4) is 11.4 Å². The molecule has 2 heterocycles. The average molecular weight is 248 g/mol. The Hall–Kier alpha value is -2.51. The fourth-order valence-electron chi connectivity index (χ4n) is 1.64. The third-order valence-electron chi connectivity index (χ3n) is 2.50. The highest BCUT2D eigenvalue weighted by molar-refractivity contribution is 5.68. The van der Waals surface area contributed by atoms with Gasteiger partial charge in [-0.1, -0.05) is 0 Å². The van der Waals surface area contributed by atoms with E-state index in [2.05, 4.69) is 15.0 Å². The molecule has 0 unspecified atom stereocenters. The first-order valence-electron chi connectivity index (χ1n) is 5.33. The van der Waals surface area contributed by atoms with Gasteiger partial charge in [-0.2, -0.15) is 0 Å². The molecule has 8 heteroatoms. The zero-order valence-electron chi connectivity index (χ0n) is 9.99. The molecule has 94 valence electrons. The number of rotatable bonds is 3. The van der Waals surface area contributed by atoms with Crippen LogP contribution in [0.5, 0.6) is 0 Å². The van der Waals surface area contributed by atoms with Gasteiger partial charge < -0.3 is 10.3 Å². The number of nitrogens with zero attached hydrogens (tertiary/aromatic N) is 5. The van der Waals surface area contributed by atoms with Crippen LogP contribution in [0.2, 0.25) is 0 Å². The Morgan fingerprint density at radius 3 is 2.78 bits per heavy atom. The van der Waals surface area contributed by atoms with Crippen molar-refractivity contribution in [3.05, 3.63) is 28.3 Å². The molecule has 0 fully saturated rings. The van der Waals surface area contributed by atoms with Crippen LogP contribution in [0.15, 0.2) is 12.5 Å². The zero-order chi connectivity index (χ0) is 13.3. The number of anilines is 1.